The lowest BCUT2D eigenvalue weighted by Crippen LogP contribution is -2.21. The average molecular weight is 322 g/mol. The van der Waals surface area contributed by atoms with Crippen LogP contribution in [0.2, 0.25) is 0 Å². The molecule has 4 rings (SSSR count). The lowest BCUT2D eigenvalue weighted by Gasteiger charge is -2.02. The van der Waals surface area contributed by atoms with Gasteiger partial charge >= 0.3 is 0 Å². The van der Waals surface area contributed by atoms with Gasteiger partial charge in [-0.1, -0.05) is 6.07 Å². The number of nitrogens with two attached hydrogens (primary N) is 1. The fraction of sp³-hybridized carbons (Fsp3) is 0.0588. The number of hydrogen-bond donors (Lipinski definition) is 3. The molecule has 4 aromatic rings. The van der Waals surface area contributed by atoms with Crippen molar-refractivity contribution in [2.75, 3.05) is 11.1 Å². The second-order valence-corrected chi connectivity index (χ2v) is 6.20. The molecule has 0 spiro atoms. The first-order valence-electron chi connectivity index (χ1n) is 7.28. The monoisotopic (exact) mass is 322 g/mol. The highest BCUT2D eigenvalue weighted by molar-refractivity contribution is 7.14. The molecule has 0 aliphatic heterocycles. The van der Waals surface area contributed by atoms with Crippen LogP contribution in [0.15, 0.2) is 54.0 Å². The molecule has 0 amide bonds. The van der Waals surface area contributed by atoms with Crippen LogP contribution in [0.3, 0.4) is 0 Å². The third kappa shape index (κ3) is 2.53. The maximum absolute atomic E-state index is 5.71. The van der Waals surface area contributed by atoms with Gasteiger partial charge in [0.2, 0.25) is 5.69 Å². The van der Waals surface area contributed by atoms with Gasteiger partial charge in [0.1, 0.15) is 11.4 Å². The zero-order valence-electron chi connectivity index (χ0n) is 12.6. The normalized spacial score (nSPS) is 11.0. The van der Waals surface area contributed by atoms with Crippen molar-refractivity contribution in [3.63, 3.8) is 0 Å². The maximum atomic E-state index is 5.71. The fourth-order valence-electron chi connectivity index (χ4n) is 2.62. The van der Waals surface area contributed by atoms with Gasteiger partial charge < -0.3 is 11.1 Å². The van der Waals surface area contributed by atoms with E-state index in [1.165, 1.54) is 0 Å². The predicted octanol–water partition coefficient (Wildman–Crippen LogP) is 3.51. The van der Waals surface area contributed by atoms with Crippen LogP contribution in [0.25, 0.3) is 17.0 Å². The van der Waals surface area contributed by atoms with E-state index in [-0.39, 0.29) is 0 Å². The summed E-state index contributed by atoms with van der Waals surface area (Å²) in [4.78, 5) is 8.10. The number of aryl methyl sites for hydroxylation is 1. The van der Waals surface area contributed by atoms with Gasteiger partial charge in [-0.2, -0.15) is 4.40 Å². The van der Waals surface area contributed by atoms with Crippen LogP contribution >= 0.6 is 11.3 Å². The van der Waals surface area contributed by atoms with Crippen molar-refractivity contribution in [3.8, 4) is 11.4 Å². The van der Waals surface area contributed by atoms with E-state index in [0.717, 1.165) is 39.2 Å². The summed E-state index contributed by atoms with van der Waals surface area (Å²) in [5, 5.41) is 6.23. The number of anilines is 3. The number of fused-ring (bicyclic) bond motifs is 1. The third-order valence-electron chi connectivity index (χ3n) is 3.68. The van der Waals surface area contributed by atoms with Crippen LogP contribution in [0.1, 0.15) is 5.69 Å². The molecule has 0 saturated carbocycles. The molecule has 0 aliphatic rings. The first-order chi connectivity index (χ1) is 11.2. The standard InChI is InChI=1S/C17H15N5S/c1-11-16(22-9-3-2-4-15(22)19-11)14-10-23-17(21-14)20-13-7-5-12(18)6-8-13/h2-10H,18H2,1H3,(H,20,21)/p+1. The van der Waals surface area contributed by atoms with E-state index in [9.17, 15) is 0 Å². The number of nitrogens with one attached hydrogen (secondary N) is 2. The summed E-state index contributed by atoms with van der Waals surface area (Å²) in [6.07, 6.45) is 2.04. The molecule has 6 heteroatoms. The van der Waals surface area contributed by atoms with Crippen molar-refractivity contribution >= 4 is 33.5 Å². The topological polar surface area (TPSA) is 70.8 Å². The van der Waals surface area contributed by atoms with Crippen LogP contribution in [-0.2, 0) is 0 Å². The number of aromatic amines is 1. The number of hydrogen-bond acceptors (Lipinski definition) is 4. The first-order valence-corrected chi connectivity index (χ1v) is 8.16. The fourth-order valence-corrected chi connectivity index (χ4v) is 3.33. The van der Waals surface area contributed by atoms with Gasteiger partial charge in [0.05, 0.1) is 6.20 Å². The van der Waals surface area contributed by atoms with Crippen LogP contribution in [0, 0.1) is 6.92 Å². The largest absolute Gasteiger partial charge is 0.399 e. The highest BCUT2D eigenvalue weighted by Crippen LogP contribution is 2.27. The van der Waals surface area contributed by atoms with Crippen molar-refractivity contribution in [3.05, 3.63) is 59.7 Å². The number of benzene rings is 1. The van der Waals surface area contributed by atoms with Gasteiger partial charge in [0.15, 0.2) is 5.13 Å². The summed E-state index contributed by atoms with van der Waals surface area (Å²) >= 11 is 1.58. The summed E-state index contributed by atoms with van der Waals surface area (Å²) in [5.74, 6) is 0. The van der Waals surface area contributed by atoms with Gasteiger partial charge in [-0.15, -0.1) is 11.3 Å². The maximum Gasteiger partial charge on any atom is 0.284 e. The minimum Gasteiger partial charge on any atom is -0.399 e. The van der Waals surface area contributed by atoms with E-state index in [4.69, 9.17) is 10.7 Å². The Morgan fingerprint density at radius 2 is 2.00 bits per heavy atom. The Morgan fingerprint density at radius 1 is 1.17 bits per heavy atom. The second kappa shape index (κ2) is 5.40. The second-order valence-electron chi connectivity index (χ2n) is 5.34. The smallest absolute Gasteiger partial charge is 0.284 e. The zero-order chi connectivity index (χ0) is 15.8. The highest BCUT2D eigenvalue weighted by Gasteiger charge is 2.20. The number of pyridine rings is 1. The van der Waals surface area contributed by atoms with Crippen LogP contribution in [-0.4, -0.2) is 9.97 Å². The quantitative estimate of drug-likeness (QED) is 0.399. The van der Waals surface area contributed by atoms with Gasteiger partial charge in [-0.05, 0) is 30.3 Å². The van der Waals surface area contributed by atoms with Gasteiger partial charge in [0, 0.05) is 29.7 Å². The number of imidazole rings is 1. The SMILES string of the molecule is Cc1[nH]c2cccc[n+]2c1-c1csc(Nc2ccc(N)cc2)n1. The lowest BCUT2D eigenvalue weighted by atomic mass is 10.3. The third-order valence-corrected chi connectivity index (χ3v) is 4.44. The molecule has 0 bridgehead atoms. The molecule has 0 saturated heterocycles. The van der Waals surface area contributed by atoms with E-state index >= 15 is 0 Å². The van der Waals surface area contributed by atoms with Crippen molar-refractivity contribution in [1.29, 1.82) is 0 Å². The molecular weight excluding hydrogens is 306 g/mol. The Balaban J connectivity index is 1.69. The first kappa shape index (κ1) is 13.8. The van der Waals surface area contributed by atoms with Gasteiger partial charge in [0.25, 0.3) is 5.65 Å². The van der Waals surface area contributed by atoms with E-state index in [2.05, 4.69) is 33.1 Å². The molecule has 3 aromatic heterocycles. The van der Waals surface area contributed by atoms with Gasteiger partial charge in [-0.3, -0.25) is 0 Å². The molecule has 114 valence electrons. The summed E-state index contributed by atoms with van der Waals surface area (Å²) in [6, 6.07) is 13.7. The Bertz CT molecular complexity index is 968. The lowest BCUT2D eigenvalue weighted by molar-refractivity contribution is -0.498. The van der Waals surface area contributed by atoms with Crippen LogP contribution in [0.4, 0.5) is 16.5 Å². The summed E-state index contributed by atoms with van der Waals surface area (Å²) in [6.45, 7) is 2.06. The molecule has 0 atom stereocenters. The van der Waals surface area contributed by atoms with Crippen molar-refractivity contribution < 1.29 is 4.40 Å². The number of thiazole rings is 1. The summed E-state index contributed by atoms with van der Waals surface area (Å²) in [7, 11) is 0. The van der Waals surface area contributed by atoms with Crippen molar-refractivity contribution in [1.82, 2.24) is 9.97 Å². The molecule has 1 aromatic carbocycles. The number of aromatic nitrogens is 3. The molecular formula is C17H16N5S+. The van der Waals surface area contributed by atoms with E-state index < -0.39 is 0 Å². The number of nitrogen functional groups attached to an aromatic ring is 1. The van der Waals surface area contributed by atoms with E-state index in [1.807, 2.05) is 42.6 Å². The molecule has 0 radical (unpaired) electrons. The molecule has 4 N–H and O–H groups in total. The molecule has 0 fully saturated rings. The number of rotatable bonds is 3. The summed E-state index contributed by atoms with van der Waals surface area (Å²) in [5.41, 5.74) is 11.6. The molecule has 0 unspecified atom stereocenters. The molecule has 0 aliphatic carbocycles. The summed E-state index contributed by atoms with van der Waals surface area (Å²) < 4.78 is 2.12. The van der Waals surface area contributed by atoms with E-state index in [1.54, 1.807) is 11.3 Å². The Morgan fingerprint density at radius 3 is 2.83 bits per heavy atom. The molecule has 3 heterocycles. The minimum absolute atomic E-state index is 0.751. The Kier molecular flexibility index (Phi) is 3.24. The Labute approximate surface area is 137 Å². The van der Waals surface area contributed by atoms with E-state index in [0.29, 0.717) is 0 Å². The highest BCUT2D eigenvalue weighted by atomic mass is 32.1. The molecule has 23 heavy (non-hydrogen) atoms. The van der Waals surface area contributed by atoms with Crippen LogP contribution < -0.4 is 15.5 Å². The average Bonchev–Trinajstić information content (AvgIpc) is 3.12. The van der Waals surface area contributed by atoms with Crippen molar-refractivity contribution in [2.45, 2.75) is 6.92 Å². The predicted molar refractivity (Wildman–Crippen MR) is 93.9 cm³/mol. The van der Waals surface area contributed by atoms with Crippen molar-refractivity contribution in [2.24, 2.45) is 0 Å². The number of H-pyrrole nitrogens is 1. The van der Waals surface area contributed by atoms with Crippen LogP contribution in [0.5, 0.6) is 0 Å². The Hall–Kier alpha value is -2.86. The molecule has 5 nitrogen and oxygen atoms in total. The minimum atomic E-state index is 0.751. The van der Waals surface area contributed by atoms with Gasteiger partial charge in [-0.25, -0.2) is 9.97 Å². The zero-order valence-corrected chi connectivity index (χ0v) is 13.4. The number of nitrogens with zero attached hydrogens (tertiary/aromatic N) is 2.